The zero-order valence-electron chi connectivity index (χ0n) is 14.9. The van der Waals surface area contributed by atoms with Gasteiger partial charge in [-0.1, -0.05) is 30.3 Å². The molecule has 0 bridgehead atoms. The van der Waals surface area contributed by atoms with Crippen LogP contribution in [0.5, 0.6) is 0 Å². The number of anilines is 1. The summed E-state index contributed by atoms with van der Waals surface area (Å²) in [7, 11) is 1.64. The first-order valence-electron chi connectivity index (χ1n) is 8.50. The van der Waals surface area contributed by atoms with Crippen LogP contribution in [0.25, 0.3) is 5.65 Å². The molecule has 0 radical (unpaired) electrons. The van der Waals surface area contributed by atoms with E-state index in [1.54, 1.807) is 7.11 Å². The summed E-state index contributed by atoms with van der Waals surface area (Å²) in [6.45, 7) is 5.89. The second kappa shape index (κ2) is 5.58. The van der Waals surface area contributed by atoms with Crippen molar-refractivity contribution in [3.63, 3.8) is 0 Å². The number of hydrogen-bond acceptors (Lipinski definition) is 4. The molecule has 1 aromatic carbocycles. The van der Waals surface area contributed by atoms with E-state index in [4.69, 9.17) is 9.72 Å². The van der Waals surface area contributed by atoms with Crippen LogP contribution < -0.4 is 5.32 Å². The number of benzene rings is 1. The number of aliphatic hydroxyl groups is 1. The fourth-order valence-corrected chi connectivity index (χ4v) is 3.91. The molecule has 4 rings (SSSR count). The average Bonchev–Trinajstić information content (AvgIpc) is 2.89. The fraction of sp³-hybridized carbons (Fsp3) is 0.350. The molecule has 5 nitrogen and oxygen atoms in total. The first kappa shape index (κ1) is 16.1. The highest BCUT2D eigenvalue weighted by molar-refractivity contribution is 5.75. The van der Waals surface area contributed by atoms with Gasteiger partial charge in [-0.05, 0) is 32.4 Å². The number of rotatable bonds is 2. The molecule has 0 aliphatic carbocycles. The molecule has 2 N–H and O–H groups in total. The molecule has 130 valence electrons. The van der Waals surface area contributed by atoms with E-state index in [2.05, 4.69) is 16.6 Å². The number of aryl methyl sites for hydroxylation is 2. The van der Waals surface area contributed by atoms with E-state index in [1.165, 1.54) is 0 Å². The van der Waals surface area contributed by atoms with Gasteiger partial charge < -0.3 is 19.6 Å². The molecule has 25 heavy (non-hydrogen) atoms. The molecule has 0 amide bonds. The summed E-state index contributed by atoms with van der Waals surface area (Å²) in [5.41, 5.74) is 4.74. The maximum atomic E-state index is 11.3. The Bertz CT molecular complexity index is 931. The first-order chi connectivity index (χ1) is 11.9. The number of nitrogens with zero attached hydrogens (tertiary/aromatic N) is 2. The monoisotopic (exact) mass is 337 g/mol. The SMILES string of the molecule is CO[C@H]1c2ccn3c(C)c(C)nc3c2N[C@H](c2ccccc2)[C@]1(C)O. The smallest absolute Gasteiger partial charge is 0.161 e. The van der Waals surface area contributed by atoms with Crippen LogP contribution in [0.15, 0.2) is 42.6 Å². The van der Waals surface area contributed by atoms with Crippen molar-refractivity contribution in [2.24, 2.45) is 0 Å². The van der Waals surface area contributed by atoms with Gasteiger partial charge >= 0.3 is 0 Å². The highest BCUT2D eigenvalue weighted by Crippen LogP contribution is 2.48. The van der Waals surface area contributed by atoms with Crippen LogP contribution >= 0.6 is 0 Å². The Morgan fingerprint density at radius 2 is 1.92 bits per heavy atom. The van der Waals surface area contributed by atoms with E-state index in [9.17, 15) is 5.11 Å². The average molecular weight is 337 g/mol. The van der Waals surface area contributed by atoms with Crippen molar-refractivity contribution in [3.05, 3.63) is 65.1 Å². The molecule has 3 atom stereocenters. The van der Waals surface area contributed by atoms with Crippen molar-refractivity contribution < 1.29 is 9.84 Å². The largest absolute Gasteiger partial charge is 0.385 e. The van der Waals surface area contributed by atoms with Crippen LogP contribution in [0.4, 0.5) is 5.69 Å². The number of hydrogen-bond donors (Lipinski definition) is 2. The minimum Gasteiger partial charge on any atom is -0.385 e. The van der Waals surface area contributed by atoms with Gasteiger partial charge in [0.2, 0.25) is 0 Å². The maximum absolute atomic E-state index is 11.3. The zero-order chi connectivity index (χ0) is 17.8. The number of aromatic nitrogens is 2. The summed E-state index contributed by atoms with van der Waals surface area (Å²) in [6, 6.07) is 11.7. The van der Waals surface area contributed by atoms with Crippen LogP contribution in [0.3, 0.4) is 0 Å². The molecule has 0 unspecified atom stereocenters. The van der Waals surface area contributed by atoms with Crippen molar-refractivity contribution in [2.45, 2.75) is 38.5 Å². The molecular formula is C20H23N3O2. The Morgan fingerprint density at radius 1 is 1.20 bits per heavy atom. The van der Waals surface area contributed by atoms with Gasteiger partial charge in [0.25, 0.3) is 0 Å². The van der Waals surface area contributed by atoms with Gasteiger partial charge in [-0.2, -0.15) is 0 Å². The molecule has 0 saturated carbocycles. The summed E-state index contributed by atoms with van der Waals surface area (Å²) >= 11 is 0. The summed E-state index contributed by atoms with van der Waals surface area (Å²) in [5.74, 6) is 0. The third kappa shape index (κ3) is 2.27. The van der Waals surface area contributed by atoms with Gasteiger partial charge in [0.1, 0.15) is 11.7 Å². The van der Waals surface area contributed by atoms with E-state index in [0.29, 0.717) is 0 Å². The van der Waals surface area contributed by atoms with E-state index >= 15 is 0 Å². The molecule has 5 heteroatoms. The number of ether oxygens (including phenoxy) is 1. The van der Waals surface area contributed by atoms with Gasteiger partial charge in [-0.25, -0.2) is 4.98 Å². The molecule has 1 aliphatic heterocycles. The van der Waals surface area contributed by atoms with E-state index < -0.39 is 11.7 Å². The summed E-state index contributed by atoms with van der Waals surface area (Å²) in [5, 5.41) is 14.8. The maximum Gasteiger partial charge on any atom is 0.161 e. The van der Waals surface area contributed by atoms with Gasteiger partial charge in [0.15, 0.2) is 5.65 Å². The molecular weight excluding hydrogens is 314 g/mol. The quantitative estimate of drug-likeness (QED) is 0.751. The van der Waals surface area contributed by atoms with Crippen molar-refractivity contribution in [3.8, 4) is 0 Å². The van der Waals surface area contributed by atoms with Gasteiger partial charge in [-0.3, -0.25) is 0 Å². The molecule has 0 spiro atoms. The number of pyridine rings is 1. The fourth-order valence-electron chi connectivity index (χ4n) is 3.91. The van der Waals surface area contributed by atoms with Crippen LogP contribution in [0.1, 0.15) is 41.6 Å². The van der Waals surface area contributed by atoms with Crippen LogP contribution in [0, 0.1) is 13.8 Å². The Balaban J connectivity index is 1.96. The second-order valence-electron chi connectivity index (χ2n) is 6.95. The highest BCUT2D eigenvalue weighted by atomic mass is 16.5. The Hall–Kier alpha value is -2.37. The first-order valence-corrected chi connectivity index (χ1v) is 8.50. The minimum absolute atomic E-state index is 0.297. The number of imidazole rings is 1. The van der Waals surface area contributed by atoms with E-state index in [1.807, 2.05) is 56.4 Å². The molecule has 0 fully saturated rings. The predicted octanol–water partition coefficient (Wildman–Crippen LogP) is 3.56. The minimum atomic E-state index is -1.10. The number of methoxy groups -OCH3 is 1. The number of nitrogens with one attached hydrogen (secondary N) is 1. The summed E-state index contributed by atoms with van der Waals surface area (Å²) < 4.78 is 7.82. The third-order valence-electron chi connectivity index (χ3n) is 5.36. The summed E-state index contributed by atoms with van der Waals surface area (Å²) in [6.07, 6.45) is 1.55. The van der Waals surface area contributed by atoms with Gasteiger partial charge in [0.05, 0.1) is 17.4 Å². The Morgan fingerprint density at radius 3 is 2.60 bits per heavy atom. The Labute approximate surface area is 147 Å². The van der Waals surface area contributed by atoms with Crippen molar-refractivity contribution >= 4 is 11.3 Å². The normalized spacial score (nSPS) is 25.6. The zero-order valence-corrected chi connectivity index (χ0v) is 14.9. The van der Waals surface area contributed by atoms with E-state index in [-0.39, 0.29) is 6.04 Å². The predicted molar refractivity (Wildman–Crippen MR) is 97.8 cm³/mol. The highest BCUT2D eigenvalue weighted by Gasteiger charge is 2.47. The van der Waals surface area contributed by atoms with E-state index in [0.717, 1.165) is 33.8 Å². The second-order valence-corrected chi connectivity index (χ2v) is 6.95. The lowest BCUT2D eigenvalue weighted by molar-refractivity contribution is -0.0996. The van der Waals surface area contributed by atoms with Crippen molar-refractivity contribution in [2.75, 3.05) is 12.4 Å². The third-order valence-corrected chi connectivity index (χ3v) is 5.36. The molecule has 0 saturated heterocycles. The molecule has 1 aliphatic rings. The molecule has 2 aromatic heterocycles. The topological polar surface area (TPSA) is 58.8 Å². The molecule has 3 heterocycles. The van der Waals surface area contributed by atoms with Crippen molar-refractivity contribution in [1.82, 2.24) is 9.38 Å². The van der Waals surface area contributed by atoms with Crippen molar-refractivity contribution in [1.29, 1.82) is 0 Å². The van der Waals surface area contributed by atoms with Gasteiger partial charge in [0, 0.05) is 24.6 Å². The van der Waals surface area contributed by atoms with Crippen LogP contribution in [-0.2, 0) is 4.74 Å². The lowest BCUT2D eigenvalue weighted by Gasteiger charge is -2.44. The summed E-state index contributed by atoms with van der Waals surface area (Å²) in [4.78, 5) is 4.73. The standard InChI is InChI=1S/C20H23N3O2/c1-12-13(2)23-11-10-15-16(19(23)21-12)22-17(14-8-6-5-7-9-14)20(3,24)18(15)25-4/h5-11,17-18,22,24H,1-4H3/t17-,18+,20+/m1/s1. The lowest BCUT2D eigenvalue weighted by Crippen LogP contribution is -2.47. The number of fused-ring (bicyclic) bond motifs is 3. The Kier molecular flexibility index (Phi) is 3.60. The van der Waals surface area contributed by atoms with Crippen LogP contribution in [0.2, 0.25) is 0 Å². The van der Waals surface area contributed by atoms with Crippen LogP contribution in [-0.4, -0.2) is 27.2 Å². The van der Waals surface area contributed by atoms with Gasteiger partial charge in [-0.15, -0.1) is 0 Å². The lowest BCUT2D eigenvalue weighted by atomic mass is 9.79. The molecule has 3 aromatic rings.